The lowest BCUT2D eigenvalue weighted by molar-refractivity contribution is -0.136. The molecule has 4 rings (SSSR count). The molecule has 0 unspecified atom stereocenters. The minimum absolute atomic E-state index is 0.0324. The molecule has 1 fully saturated rings. The number of carbonyl (C=O) groups is 2. The van der Waals surface area contributed by atoms with E-state index in [4.69, 9.17) is 22.6 Å². The number of hydrogen-bond donors (Lipinski definition) is 2. The molecule has 2 aromatic carbocycles. The SMILES string of the molecule is C[C@H]1C[C@@H](N2C(=O)C[C@@](C)(c3cccc(NC(=O)c4cccc(C#N)c4)c3Cl)N=C2N)CCC1(F)F. The van der Waals surface area contributed by atoms with Gasteiger partial charge in [0.15, 0.2) is 5.96 Å². The van der Waals surface area contributed by atoms with Crippen molar-refractivity contribution in [1.29, 1.82) is 5.26 Å². The highest BCUT2D eigenvalue weighted by molar-refractivity contribution is 6.35. The molecule has 3 N–H and O–H groups in total. The van der Waals surface area contributed by atoms with Crippen LogP contribution in [0.5, 0.6) is 0 Å². The highest BCUT2D eigenvalue weighted by Gasteiger charge is 2.47. The second-order valence-corrected chi connectivity index (χ2v) is 9.97. The third kappa shape index (κ3) is 4.78. The summed E-state index contributed by atoms with van der Waals surface area (Å²) in [6, 6.07) is 12.8. The molecule has 0 bridgehead atoms. The molecule has 7 nitrogen and oxygen atoms in total. The number of amides is 2. The van der Waals surface area contributed by atoms with Gasteiger partial charge < -0.3 is 11.1 Å². The summed E-state index contributed by atoms with van der Waals surface area (Å²) >= 11 is 6.67. The summed E-state index contributed by atoms with van der Waals surface area (Å²) in [5.74, 6) is -4.42. The first kappa shape index (κ1) is 25.6. The fraction of sp³-hybridized carbons (Fsp3) is 0.385. The molecule has 36 heavy (non-hydrogen) atoms. The molecule has 0 aromatic heterocycles. The first-order chi connectivity index (χ1) is 16.9. The molecule has 3 atom stereocenters. The van der Waals surface area contributed by atoms with Crippen LogP contribution in [0.25, 0.3) is 0 Å². The summed E-state index contributed by atoms with van der Waals surface area (Å²) in [4.78, 5) is 31.9. The average molecular weight is 514 g/mol. The van der Waals surface area contributed by atoms with Crippen LogP contribution in [0, 0.1) is 17.2 Å². The van der Waals surface area contributed by atoms with E-state index in [0.29, 0.717) is 22.4 Å². The van der Waals surface area contributed by atoms with E-state index in [1.54, 1.807) is 43.3 Å². The number of benzene rings is 2. The molecule has 2 aliphatic rings. The van der Waals surface area contributed by atoms with Crippen LogP contribution in [0.15, 0.2) is 47.5 Å². The van der Waals surface area contributed by atoms with Gasteiger partial charge in [-0.25, -0.2) is 13.8 Å². The smallest absolute Gasteiger partial charge is 0.255 e. The first-order valence-corrected chi connectivity index (χ1v) is 12.0. The number of aliphatic imine (C=N–C) groups is 1. The van der Waals surface area contributed by atoms with Crippen LogP contribution in [-0.4, -0.2) is 34.6 Å². The van der Waals surface area contributed by atoms with Gasteiger partial charge >= 0.3 is 0 Å². The van der Waals surface area contributed by atoms with Gasteiger partial charge in [0.1, 0.15) is 0 Å². The molecule has 0 radical (unpaired) electrons. The summed E-state index contributed by atoms with van der Waals surface area (Å²) in [6.07, 6.45) is -0.0828. The zero-order valence-corrected chi connectivity index (χ0v) is 20.6. The number of guanidine groups is 1. The Hall–Kier alpha value is -3.51. The fourth-order valence-electron chi connectivity index (χ4n) is 4.91. The van der Waals surface area contributed by atoms with Crippen molar-refractivity contribution in [1.82, 2.24) is 4.90 Å². The van der Waals surface area contributed by atoms with Gasteiger partial charge in [0, 0.05) is 29.5 Å². The molecular weight excluding hydrogens is 488 g/mol. The Balaban J connectivity index is 1.59. The Bertz CT molecular complexity index is 1290. The van der Waals surface area contributed by atoms with Crippen LogP contribution >= 0.6 is 11.6 Å². The minimum Gasteiger partial charge on any atom is -0.369 e. The van der Waals surface area contributed by atoms with Crippen LogP contribution in [0.2, 0.25) is 5.02 Å². The lowest BCUT2D eigenvalue weighted by atomic mass is 9.81. The number of nitrogens with one attached hydrogen (secondary N) is 1. The predicted octanol–water partition coefficient (Wildman–Crippen LogP) is 5.05. The molecule has 1 aliphatic heterocycles. The van der Waals surface area contributed by atoms with E-state index in [1.807, 2.05) is 6.07 Å². The van der Waals surface area contributed by atoms with Gasteiger partial charge in [-0.3, -0.25) is 14.5 Å². The lowest BCUT2D eigenvalue weighted by Gasteiger charge is -2.43. The van der Waals surface area contributed by atoms with E-state index in [2.05, 4.69) is 10.3 Å². The highest BCUT2D eigenvalue weighted by Crippen LogP contribution is 2.43. The number of rotatable bonds is 4. The number of hydrogen-bond acceptors (Lipinski definition) is 5. The molecule has 2 amide bonds. The van der Waals surface area contributed by atoms with Gasteiger partial charge in [-0.15, -0.1) is 0 Å². The Kier molecular flexibility index (Phi) is 6.76. The Morgan fingerprint density at radius 1 is 1.31 bits per heavy atom. The van der Waals surface area contributed by atoms with Crippen LogP contribution in [-0.2, 0) is 10.3 Å². The Labute approximate surface area is 212 Å². The first-order valence-electron chi connectivity index (χ1n) is 11.6. The Morgan fingerprint density at radius 3 is 2.69 bits per heavy atom. The van der Waals surface area contributed by atoms with Crippen molar-refractivity contribution >= 4 is 35.1 Å². The van der Waals surface area contributed by atoms with Gasteiger partial charge in [0.05, 0.1) is 34.3 Å². The zero-order chi connectivity index (χ0) is 26.3. The summed E-state index contributed by atoms with van der Waals surface area (Å²) < 4.78 is 27.9. The number of carbonyl (C=O) groups excluding carboxylic acids is 2. The summed E-state index contributed by atoms with van der Waals surface area (Å²) in [6.45, 7) is 3.20. The van der Waals surface area contributed by atoms with E-state index in [0.717, 1.165) is 0 Å². The monoisotopic (exact) mass is 513 g/mol. The minimum atomic E-state index is -2.76. The highest BCUT2D eigenvalue weighted by atomic mass is 35.5. The number of halogens is 3. The molecule has 0 saturated heterocycles. The zero-order valence-electron chi connectivity index (χ0n) is 19.9. The second-order valence-electron chi connectivity index (χ2n) is 9.59. The van der Waals surface area contributed by atoms with Crippen molar-refractivity contribution in [2.24, 2.45) is 16.6 Å². The van der Waals surface area contributed by atoms with Crippen molar-refractivity contribution in [3.63, 3.8) is 0 Å². The van der Waals surface area contributed by atoms with E-state index >= 15 is 0 Å². The van der Waals surface area contributed by atoms with Crippen molar-refractivity contribution < 1.29 is 18.4 Å². The van der Waals surface area contributed by atoms with Gasteiger partial charge in [-0.05, 0) is 44.0 Å². The summed E-state index contributed by atoms with van der Waals surface area (Å²) in [5.41, 5.74) is 6.56. The summed E-state index contributed by atoms with van der Waals surface area (Å²) in [7, 11) is 0. The van der Waals surface area contributed by atoms with Crippen molar-refractivity contribution in [2.75, 3.05) is 5.32 Å². The van der Waals surface area contributed by atoms with Crippen LogP contribution in [0.3, 0.4) is 0 Å². The predicted molar refractivity (Wildman–Crippen MR) is 133 cm³/mol. The number of alkyl halides is 2. The average Bonchev–Trinajstić information content (AvgIpc) is 2.82. The number of nitriles is 1. The molecule has 10 heteroatoms. The third-order valence-electron chi connectivity index (χ3n) is 6.98. The fourth-order valence-corrected chi connectivity index (χ4v) is 5.28. The largest absolute Gasteiger partial charge is 0.369 e. The normalized spacial score (nSPS) is 25.6. The maximum atomic E-state index is 14.0. The molecule has 1 heterocycles. The summed E-state index contributed by atoms with van der Waals surface area (Å²) in [5, 5.41) is 12.0. The quantitative estimate of drug-likeness (QED) is 0.595. The van der Waals surface area contributed by atoms with Gasteiger partial charge in [0.2, 0.25) is 5.91 Å². The Morgan fingerprint density at radius 2 is 2.03 bits per heavy atom. The second kappa shape index (κ2) is 9.51. The molecule has 0 spiro atoms. The van der Waals surface area contributed by atoms with Crippen LogP contribution in [0.4, 0.5) is 14.5 Å². The van der Waals surface area contributed by atoms with Gasteiger partial charge in [-0.2, -0.15) is 5.26 Å². The maximum Gasteiger partial charge on any atom is 0.255 e. The van der Waals surface area contributed by atoms with Crippen molar-refractivity contribution in [2.45, 2.75) is 57.0 Å². The molecule has 1 saturated carbocycles. The van der Waals surface area contributed by atoms with Crippen molar-refractivity contribution in [3.05, 3.63) is 64.2 Å². The standard InChI is InChI=1S/C26H26ClF2N5O2/c1-15-11-18(9-10-26(15,28)29)34-21(35)13-25(2,33-24(34)31)19-7-4-8-20(22(19)27)32-23(36)17-6-3-5-16(12-17)14-30/h3-8,12,15,18H,9-11,13H2,1-2H3,(H2,31,33)(H,32,36)/t15-,18-,25-/m0/s1. The maximum absolute atomic E-state index is 14.0. The topological polar surface area (TPSA) is 112 Å². The van der Waals surface area contributed by atoms with E-state index < -0.39 is 29.3 Å². The van der Waals surface area contributed by atoms with Crippen molar-refractivity contribution in [3.8, 4) is 6.07 Å². The molecule has 1 aliphatic carbocycles. The molecule has 188 valence electrons. The lowest BCUT2D eigenvalue weighted by Crippen LogP contribution is -2.56. The van der Waals surface area contributed by atoms with Gasteiger partial charge in [0.25, 0.3) is 11.8 Å². The van der Waals surface area contributed by atoms with Gasteiger partial charge in [-0.1, -0.05) is 36.7 Å². The van der Waals surface area contributed by atoms with E-state index in [-0.39, 0.29) is 42.6 Å². The number of anilines is 1. The number of nitrogens with two attached hydrogens (primary N) is 1. The van der Waals surface area contributed by atoms with E-state index in [9.17, 15) is 18.4 Å². The van der Waals surface area contributed by atoms with Crippen LogP contribution < -0.4 is 11.1 Å². The number of nitrogens with zero attached hydrogens (tertiary/aromatic N) is 3. The van der Waals surface area contributed by atoms with Crippen LogP contribution in [0.1, 0.15) is 61.0 Å². The third-order valence-corrected chi connectivity index (χ3v) is 7.38. The molecular formula is C26H26ClF2N5O2. The van der Waals surface area contributed by atoms with E-state index in [1.165, 1.54) is 17.9 Å². The molecule has 2 aromatic rings.